The molecule has 0 fully saturated rings. The lowest BCUT2D eigenvalue weighted by Gasteiger charge is -2.18. The normalized spacial score (nSPS) is 16.6. The first kappa shape index (κ1) is 38.9. The fourth-order valence-electron chi connectivity index (χ4n) is 9.11. The Kier molecular flexibility index (Phi) is 13.7. The van der Waals surface area contributed by atoms with Crippen molar-refractivity contribution < 1.29 is 45.7 Å². The first-order valence-electron chi connectivity index (χ1n) is 36.9. The number of rotatable bonds is 10. The van der Waals surface area contributed by atoms with Crippen LogP contribution in [0.25, 0.3) is 45.0 Å². The maximum absolute atomic E-state index is 8.50. The fourth-order valence-corrected chi connectivity index (χ4v) is 9.11. The number of pyridine rings is 4. The van der Waals surface area contributed by atoms with E-state index in [1.54, 1.807) is 66.7 Å². The Morgan fingerprint density at radius 3 is 1.04 bits per heavy atom. The smallest absolute Gasteiger partial charge is 0.201 e. The lowest BCUT2D eigenvalue weighted by atomic mass is 9.88. The van der Waals surface area contributed by atoms with E-state index < -0.39 is 63.7 Å². The van der Waals surface area contributed by atoms with E-state index in [-0.39, 0.29) is 11.8 Å². The van der Waals surface area contributed by atoms with Crippen molar-refractivity contribution in [3.8, 4) is 45.0 Å². The Bertz CT molecular complexity index is 4120. The lowest BCUT2D eigenvalue weighted by molar-refractivity contribution is -0.661. The molecule has 4 aromatic carbocycles. The van der Waals surface area contributed by atoms with Gasteiger partial charge in [-0.25, -0.2) is 18.3 Å². The summed E-state index contributed by atoms with van der Waals surface area (Å²) >= 11 is 0. The van der Waals surface area contributed by atoms with Crippen molar-refractivity contribution in [2.24, 2.45) is 50.9 Å². The van der Waals surface area contributed by atoms with Gasteiger partial charge < -0.3 is 0 Å². The van der Waals surface area contributed by atoms with Crippen LogP contribution in [-0.4, -0.2) is 0 Å². The van der Waals surface area contributed by atoms with Crippen LogP contribution < -0.4 is 18.3 Å². The van der Waals surface area contributed by atoms with E-state index >= 15 is 0 Å². The number of aryl methyl sites for hydroxylation is 12. The summed E-state index contributed by atoms with van der Waals surface area (Å²) in [5.41, 5.74) is 13.5. The zero-order valence-electron chi connectivity index (χ0n) is 69.8. The van der Waals surface area contributed by atoms with Crippen molar-refractivity contribution in [1.29, 1.82) is 0 Å². The van der Waals surface area contributed by atoms with Crippen molar-refractivity contribution in [3.63, 3.8) is 0 Å². The largest absolute Gasteiger partial charge is 0.212 e. The van der Waals surface area contributed by atoms with Gasteiger partial charge in [0, 0.05) is 97.2 Å². The second-order valence-electron chi connectivity index (χ2n) is 23.1. The monoisotopic (exact) mass is 1060 g/mol. The van der Waals surface area contributed by atoms with E-state index in [0.717, 1.165) is 67.3 Å². The number of aromatic nitrogens is 4. The van der Waals surface area contributed by atoms with Crippen molar-refractivity contribution in [2.75, 3.05) is 0 Å². The highest BCUT2D eigenvalue weighted by molar-refractivity contribution is 5.64. The SMILES string of the molecule is [2H]C([2H])([2H])c1ccc(-c2cc(C([2H])([2H])C(C)(C)C)cc[n+]2C)c(C)c1.[2H]C([2H])([2H])c1ccc(-c2cc(C([2H])([2H])C(C)C)cc[n+]2C)c(C)c1.[2H]C([2H])([2H])c1ccc(-c2ccc(C([2H])([2H])C(C)(C)C)c[n+]2C)c(C)c1.[2H]C([2H])([2H])c1ccc(-c2ccc(C([2H])([2H])C(C)C)c[n+]2C)c(C)c1. The molecule has 0 atom stereocenters. The quantitative estimate of drug-likeness (QED) is 0.121. The highest BCUT2D eigenvalue weighted by Gasteiger charge is 2.20. The molecule has 8 aromatic rings. The number of hydrogen-bond donors (Lipinski definition) is 0. The Morgan fingerprint density at radius 1 is 0.372 bits per heavy atom. The van der Waals surface area contributed by atoms with Crippen molar-refractivity contribution in [1.82, 2.24) is 0 Å². The first-order valence-corrected chi connectivity index (χ1v) is 26.9. The minimum absolute atomic E-state index is 0.122. The van der Waals surface area contributed by atoms with Gasteiger partial charge in [-0.3, -0.25) is 0 Å². The van der Waals surface area contributed by atoms with E-state index in [0.29, 0.717) is 44.5 Å². The standard InChI is InChI=1S/2C19H26N.2C18H24N/c1-14-7-9-17(15(2)11-14)18-10-8-16(13-20(18)6)12-19(3,4)5;1-14-7-8-17(15(2)11-14)18-12-16(9-10-20(18)6)13-19(3,4)5;1-13(2)10-16-7-9-18(19(5)12-16)17-8-6-14(3)11-15(17)4;1-13(2)10-16-8-9-19(5)18(12-16)17-7-6-14(3)11-15(17)4/h7-11,13H,12H2,1-6H3;7-12H,13H2,1-6H3;2*6-9,11-13H,10H2,1-5H3/q4*+1/i1D3,12D2;1D3,13D2;2*3D3,10D2. The van der Waals surface area contributed by atoms with Gasteiger partial charge in [-0.15, -0.1) is 0 Å². The van der Waals surface area contributed by atoms with Crippen LogP contribution in [0.5, 0.6) is 0 Å². The van der Waals surface area contributed by atoms with Crippen molar-refractivity contribution >= 4 is 0 Å². The second-order valence-corrected chi connectivity index (χ2v) is 23.1. The van der Waals surface area contributed by atoms with Gasteiger partial charge in [0.25, 0.3) is 0 Å². The second kappa shape index (κ2) is 27.4. The average Bonchev–Trinajstić information content (AvgIpc) is 0.790. The minimum Gasteiger partial charge on any atom is -0.201 e. The zero-order chi connectivity index (χ0) is 75.0. The number of benzene rings is 4. The van der Waals surface area contributed by atoms with Gasteiger partial charge in [0.1, 0.15) is 28.2 Å². The minimum atomic E-state index is -2.13. The highest BCUT2D eigenvalue weighted by Crippen LogP contribution is 2.28. The summed E-state index contributed by atoms with van der Waals surface area (Å²) in [4.78, 5) is 0. The van der Waals surface area contributed by atoms with Gasteiger partial charge in [-0.2, -0.15) is 0 Å². The van der Waals surface area contributed by atoms with Crippen LogP contribution in [0.3, 0.4) is 0 Å². The summed E-state index contributed by atoms with van der Waals surface area (Å²) in [6.07, 6.45) is 1.58. The van der Waals surface area contributed by atoms with Gasteiger partial charge in [-0.05, 0) is 173 Å². The van der Waals surface area contributed by atoms with E-state index in [2.05, 4.69) is 0 Å². The molecule has 0 saturated heterocycles. The fraction of sp³-hybridized carbons (Fsp3) is 0.405. The van der Waals surface area contributed by atoms with Crippen molar-refractivity contribution in [2.45, 2.75) is 150 Å². The maximum Gasteiger partial charge on any atom is 0.212 e. The topological polar surface area (TPSA) is 15.5 Å². The molecule has 4 nitrogen and oxygen atoms in total. The summed E-state index contributed by atoms with van der Waals surface area (Å²) in [7, 11) is 7.57. The van der Waals surface area contributed by atoms with E-state index in [1.807, 2.05) is 223 Å². The summed E-state index contributed by atoms with van der Waals surface area (Å²) in [5.74, 6) is -0.263. The molecule has 78 heavy (non-hydrogen) atoms. The predicted molar refractivity (Wildman–Crippen MR) is 334 cm³/mol. The van der Waals surface area contributed by atoms with E-state index in [9.17, 15) is 0 Å². The first-order chi connectivity index (χ1) is 44.4. The Labute approximate surface area is 503 Å². The van der Waals surface area contributed by atoms with E-state index in [1.165, 1.54) is 0 Å². The molecule has 0 saturated carbocycles. The molecule has 8 rings (SSSR count). The zero-order valence-corrected chi connectivity index (χ0v) is 49.8. The molecule has 412 valence electrons. The molecular formula is C74H100N4+4. The van der Waals surface area contributed by atoms with Crippen LogP contribution in [-0.2, 0) is 53.7 Å². The molecule has 0 N–H and O–H groups in total. The molecule has 0 spiro atoms. The van der Waals surface area contributed by atoms with Gasteiger partial charge >= 0.3 is 0 Å². The lowest BCUT2D eigenvalue weighted by Crippen LogP contribution is -2.32. The molecule has 0 bridgehead atoms. The van der Waals surface area contributed by atoms with Crippen LogP contribution >= 0.6 is 0 Å². The molecule has 4 heteroatoms. The average molecular weight is 1070 g/mol. The molecule has 0 aliphatic carbocycles. The van der Waals surface area contributed by atoms with Crippen LogP contribution in [0.4, 0.5) is 0 Å². The molecule has 0 aliphatic heterocycles. The third-order valence-corrected chi connectivity index (χ3v) is 12.5. The van der Waals surface area contributed by atoms with Crippen LogP contribution in [0.15, 0.2) is 146 Å². The van der Waals surface area contributed by atoms with Gasteiger partial charge in [-0.1, -0.05) is 140 Å². The van der Waals surface area contributed by atoms with Crippen LogP contribution in [0.1, 0.15) is 163 Å². The van der Waals surface area contributed by atoms with Gasteiger partial charge in [0.2, 0.25) is 22.8 Å². The third kappa shape index (κ3) is 18.8. The van der Waals surface area contributed by atoms with E-state index in [4.69, 9.17) is 27.4 Å². The number of nitrogens with zero attached hydrogens (tertiary/aromatic N) is 4. The summed E-state index contributed by atoms with van der Waals surface area (Å²) < 4.78 is 165. The Morgan fingerprint density at radius 2 is 0.692 bits per heavy atom. The van der Waals surface area contributed by atoms with Crippen LogP contribution in [0.2, 0.25) is 0 Å². The maximum atomic E-state index is 8.50. The molecule has 4 aromatic heterocycles. The highest BCUT2D eigenvalue weighted by atomic mass is 14.9. The molecule has 0 amide bonds. The summed E-state index contributed by atoms with van der Waals surface area (Å²) in [6, 6.07) is 35.3. The molecular weight excluding hydrogens is 945 g/mol. The Balaban J connectivity index is 0.000000236. The summed E-state index contributed by atoms with van der Waals surface area (Å²) in [5, 5.41) is 0. The number of hydrogen-bond acceptors (Lipinski definition) is 0. The molecule has 0 aliphatic rings. The van der Waals surface area contributed by atoms with Gasteiger partial charge in [0.15, 0.2) is 24.8 Å². The van der Waals surface area contributed by atoms with Crippen molar-refractivity contribution in [3.05, 3.63) is 213 Å². The Hall–Kier alpha value is -6.52. The summed E-state index contributed by atoms with van der Waals surface area (Å²) in [6.45, 7) is 17.9. The molecule has 0 radical (unpaired) electrons. The van der Waals surface area contributed by atoms with Crippen LogP contribution in [0, 0.1) is 77.8 Å². The molecule has 0 unspecified atom stereocenters. The third-order valence-electron chi connectivity index (χ3n) is 12.5. The molecule has 4 heterocycles. The van der Waals surface area contributed by atoms with Gasteiger partial charge in [0.05, 0.1) is 0 Å². The predicted octanol–water partition coefficient (Wildman–Crippen LogP) is 16.8.